The van der Waals surface area contributed by atoms with Crippen molar-refractivity contribution in [3.8, 4) is 0 Å². The third-order valence-corrected chi connectivity index (χ3v) is 5.10. The number of aromatic nitrogens is 2. The molecule has 6 heteroatoms. The van der Waals surface area contributed by atoms with E-state index < -0.39 is 5.54 Å². The van der Waals surface area contributed by atoms with E-state index in [1.807, 2.05) is 39.4 Å². The van der Waals surface area contributed by atoms with E-state index in [9.17, 15) is 4.79 Å². The summed E-state index contributed by atoms with van der Waals surface area (Å²) in [4.78, 5) is 12.5. The SMILES string of the molecule is Cn1cc([C@H]2C[C@@H]2C(=O)NC(C)(C)c2ccc(Cl)c(Cl)c2)cn1. The van der Waals surface area contributed by atoms with Gasteiger partial charge >= 0.3 is 0 Å². The summed E-state index contributed by atoms with van der Waals surface area (Å²) >= 11 is 12.0. The van der Waals surface area contributed by atoms with Crippen LogP contribution in [0.4, 0.5) is 0 Å². The third-order valence-electron chi connectivity index (χ3n) is 4.36. The van der Waals surface area contributed by atoms with Crippen molar-refractivity contribution in [3.05, 3.63) is 51.8 Å². The Balaban J connectivity index is 1.68. The van der Waals surface area contributed by atoms with Crippen molar-refractivity contribution in [2.75, 3.05) is 0 Å². The van der Waals surface area contributed by atoms with Crippen LogP contribution in [-0.2, 0) is 17.4 Å². The molecule has 1 aromatic heterocycles. The second-order valence-electron chi connectivity index (χ2n) is 6.64. The van der Waals surface area contributed by atoms with Gasteiger partial charge in [-0.1, -0.05) is 29.3 Å². The molecule has 1 aromatic carbocycles. The fourth-order valence-electron chi connectivity index (χ4n) is 2.84. The van der Waals surface area contributed by atoms with Gasteiger partial charge in [0.25, 0.3) is 0 Å². The highest BCUT2D eigenvalue weighted by Gasteiger charge is 2.45. The van der Waals surface area contributed by atoms with Crippen LogP contribution < -0.4 is 5.32 Å². The number of carbonyl (C=O) groups excluding carboxylic acids is 1. The second kappa shape index (κ2) is 5.84. The van der Waals surface area contributed by atoms with Gasteiger partial charge in [0.1, 0.15) is 0 Å². The zero-order chi connectivity index (χ0) is 16.8. The number of benzene rings is 1. The minimum Gasteiger partial charge on any atom is -0.347 e. The maximum Gasteiger partial charge on any atom is 0.224 e. The van der Waals surface area contributed by atoms with Gasteiger partial charge in [0.15, 0.2) is 0 Å². The number of nitrogens with one attached hydrogen (secondary N) is 1. The van der Waals surface area contributed by atoms with Crippen molar-refractivity contribution >= 4 is 29.1 Å². The molecule has 1 aliphatic rings. The summed E-state index contributed by atoms with van der Waals surface area (Å²) < 4.78 is 1.77. The number of nitrogens with zero attached hydrogens (tertiary/aromatic N) is 2. The Morgan fingerprint density at radius 3 is 2.70 bits per heavy atom. The van der Waals surface area contributed by atoms with E-state index in [0.717, 1.165) is 17.5 Å². The Hall–Kier alpha value is -1.52. The van der Waals surface area contributed by atoms with Crippen molar-refractivity contribution in [2.24, 2.45) is 13.0 Å². The lowest BCUT2D eigenvalue weighted by atomic mass is 9.94. The topological polar surface area (TPSA) is 46.9 Å². The highest BCUT2D eigenvalue weighted by molar-refractivity contribution is 6.42. The maximum absolute atomic E-state index is 12.5. The molecule has 1 saturated carbocycles. The van der Waals surface area contributed by atoms with Gasteiger partial charge in [-0.15, -0.1) is 0 Å². The summed E-state index contributed by atoms with van der Waals surface area (Å²) in [7, 11) is 1.88. The summed E-state index contributed by atoms with van der Waals surface area (Å²) in [5.74, 6) is 0.351. The van der Waals surface area contributed by atoms with E-state index in [1.54, 1.807) is 16.8 Å². The minimum absolute atomic E-state index is 0.0150. The van der Waals surface area contributed by atoms with Crippen molar-refractivity contribution in [3.63, 3.8) is 0 Å². The maximum atomic E-state index is 12.5. The summed E-state index contributed by atoms with van der Waals surface area (Å²) in [6.07, 6.45) is 4.68. The average Bonchev–Trinajstić information content (AvgIpc) is 3.17. The van der Waals surface area contributed by atoms with Crippen LogP contribution in [-0.4, -0.2) is 15.7 Å². The van der Waals surface area contributed by atoms with E-state index in [2.05, 4.69) is 10.4 Å². The molecule has 23 heavy (non-hydrogen) atoms. The monoisotopic (exact) mass is 351 g/mol. The predicted molar refractivity (Wildman–Crippen MR) is 91.7 cm³/mol. The van der Waals surface area contributed by atoms with E-state index in [-0.39, 0.29) is 17.7 Å². The Kier molecular flexibility index (Phi) is 4.15. The van der Waals surface area contributed by atoms with Gasteiger partial charge in [-0.3, -0.25) is 9.48 Å². The molecule has 0 radical (unpaired) electrons. The third kappa shape index (κ3) is 3.38. The molecule has 2 aromatic rings. The van der Waals surface area contributed by atoms with Gasteiger partial charge in [-0.25, -0.2) is 0 Å². The van der Waals surface area contributed by atoms with Gasteiger partial charge in [-0.2, -0.15) is 5.10 Å². The van der Waals surface area contributed by atoms with Crippen molar-refractivity contribution in [2.45, 2.75) is 31.7 Å². The first-order valence-corrected chi connectivity index (χ1v) is 8.29. The summed E-state index contributed by atoms with van der Waals surface area (Å²) in [6.45, 7) is 3.93. The second-order valence-corrected chi connectivity index (χ2v) is 7.45. The van der Waals surface area contributed by atoms with Crippen molar-refractivity contribution in [1.29, 1.82) is 0 Å². The van der Waals surface area contributed by atoms with Crippen LogP contribution in [0.3, 0.4) is 0 Å². The van der Waals surface area contributed by atoms with E-state index in [0.29, 0.717) is 10.0 Å². The highest BCUT2D eigenvalue weighted by Crippen LogP contribution is 2.47. The molecule has 0 saturated heterocycles. The smallest absolute Gasteiger partial charge is 0.224 e. The van der Waals surface area contributed by atoms with Crippen LogP contribution in [0.15, 0.2) is 30.6 Å². The van der Waals surface area contributed by atoms with Gasteiger partial charge < -0.3 is 5.32 Å². The minimum atomic E-state index is -0.507. The highest BCUT2D eigenvalue weighted by atomic mass is 35.5. The normalized spacial score (nSPS) is 20.4. The molecule has 4 nitrogen and oxygen atoms in total. The lowest BCUT2D eigenvalue weighted by Crippen LogP contribution is -2.42. The van der Waals surface area contributed by atoms with Crippen LogP contribution >= 0.6 is 23.2 Å². The predicted octanol–water partition coefficient (Wildman–Crippen LogP) is 3.88. The molecule has 0 unspecified atom stereocenters. The number of hydrogen-bond donors (Lipinski definition) is 1. The quantitative estimate of drug-likeness (QED) is 0.908. The van der Waals surface area contributed by atoms with Gasteiger partial charge in [-0.05, 0) is 49.4 Å². The molecule has 0 bridgehead atoms. The molecule has 1 N–H and O–H groups in total. The zero-order valence-corrected chi connectivity index (χ0v) is 14.8. The summed E-state index contributed by atoms with van der Waals surface area (Å²) in [6, 6.07) is 5.44. The van der Waals surface area contributed by atoms with Gasteiger partial charge in [0.2, 0.25) is 5.91 Å². The largest absolute Gasteiger partial charge is 0.347 e. The molecular weight excluding hydrogens is 333 g/mol. The number of amides is 1. The Morgan fingerprint density at radius 1 is 1.35 bits per heavy atom. The Bertz CT molecular complexity index is 754. The lowest BCUT2D eigenvalue weighted by Gasteiger charge is -2.27. The van der Waals surface area contributed by atoms with E-state index in [4.69, 9.17) is 23.2 Å². The number of hydrogen-bond acceptors (Lipinski definition) is 2. The molecule has 0 aliphatic heterocycles. The molecule has 1 aliphatic carbocycles. The summed E-state index contributed by atoms with van der Waals surface area (Å²) in [5.41, 5.74) is 1.55. The molecule has 122 valence electrons. The van der Waals surface area contributed by atoms with Crippen LogP contribution in [0.2, 0.25) is 10.0 Å². The van der Waals surface area contributed by atoms with Crippen LogP contribution in [0.5, 0.6) is 0 Å². The number of aryl methyl sites for hydroxylation is 1. The fraction of sp³-hybridized carbons (Fsp3) is 0.412. The molecule has 1 heterocycles. The molecular formula is C17H19Cl2N3O. The van der Waals surface area contributed by atoms with Crippen LogP contribution in [0.25, 0.3) is 0 Å². The number of rotatable bonds is 4. The molecule has 2 atom stereocenters. The molecule has 3 rings (SSSR count). The first-order valence-electron chi connectivity index (χ1n) is 7.54. The average molecular weight is 352 g/mol. The first-order chi connectivity index (χ1) is 10.8. The zero-order valence-electron chi connectivity index (χ0n) is 13.3. The number of carbonyl (C=O) groups is 1. The Labute approximate surface area is 145 Å². The fourth-order valence-corrected chi connectivity index (χ4v) is 3.14. The molecule has 1 amide bonds. The summed E-state index contributed by atoms with van der Waals surface area (Å²) in [5, 5.41) is 8.29. The van der Waals surface area contributed by atoms with Crippen LogP contribution in [0.1, 0.15) is 37.3 Å². The van der Waals surface area contributed by atoms with Crippen molar-refractivity contribution < 1.29 is 4.79 Å². The van der Waals surface area contributed by atoms with Crippen molar-refractivity contribution in [1.82, 2.24) is 15.1 Å². The van der Waals surface area contributed by atoms with Gasteiger partial charge in [0, 0.05) is 19.2 Å². The van der Waals surface area contributed by atoms with E-state index in [1.165, 1.54) is 0 Å². The van der Waals surface area contributed by atoms with Gasteiger partial charge in [0.05, 0.1) is 21.8 Å². The van der Waals surface area contributed by atoms with Crippen LogP contribution in [0, 0.1) is 5.92 Å². The number of halogens is 2. The first kappa shape index (κ1) is 16.3. The molecule has 0 spiro atoms. The lowest BCUT2D eigenvalue weighted by molar-refractivity contribution is -0.124. The van der Waals surface area contributed by atoms with E-state index >= 15 is 0 Å². The molecule has 1 fully saturated rings. The standard InChI is InChI=1S/C17H19Cl2N3O/c1-17(2,11-4-5-14(18)15(19)6-11)21-16(23)13-7-12(13)10-8-20-22(3)9-10/h4-6,8-9,12-13H,7H2,1-3H3,(H,21,23)/t12-,13+/m1/s1. The Morgan fingerprint density at radius 2 is 2.09 bits per heavy atom.